The lowest BCUT2D eigenvalue weighted by molar-refractivity contribution is 0.667. The van der Waals surface area contributed by atoms with Crippen molar-refractivity contribution in [2.45, 2.75) is 19.9 Å². The monoisotopic (exact) mass is 301 g/mol. The van der Waals surface area contributed by atoms with Crippen LogP contribution in [0.5, 0.6) is 0 Å². The van der Waals surface area contributed by atoms with Crippen molar-refractivity contribution < 1.29 is 0 Å². The van der Waals surface area contributed by atoms with Crippen molar-refractivity contribution in [3.63, 3.8) is 0 Å². The van der Waals surface area contributed by atoms with Crippen molar-refractivity contribution in [1.29, 1.82) is 0 Å². The molecule has 0 unspecified atom stereocenters. The van der Waals surface area contributed by atoms with Crippen LogP contribution in [0.15, 0.2) is 16.9 Å². The van der Waals surface area contributed by atoms with Crippen LogP contribution in [0.2, 0.25) is 0 Å². The van der Waals surface area contributed by atoms with Crippen molar-refractivity contribution in [3.8, 4) is 5.13 Å². The molecule has 0 aliphatic carbocycles. The number of hydrogen-bond donors (Lipinski definition) is 1. The average molecular weight is 302 g/mol. The first-order valence-electron chi connectivity index (χ1n) is 5.03. The second-order valence-electron chi connectivity index (χ2n) is 3.26. The topological polar surface area (TPSA) is 55.6 Å². The maximum absolute atomic E-state index is 4.15. The van der Waals surface area contributed by atoms with Gasteiger partial charge in [0.2, 0.25) is 5.13 Å². The Morgan fingerprint density at radius 2 is 2.38 bits per heavy atom. The standard InChI is InChI=1S/C9H12BrN5S/c1-2-3-11-5-8-13-14-9(16-8)15-6-7(10)4-12-15/h4,6,11H,2-3,5H2,1H3. The van der Waals surface area contributed by atoms with Crippen LogP contribution in [0.4, 0.5) is 0 Å². The van der Waals surface area contributed by atoms with E-state index < -0.39 is 0 Å². The van der Waals surface area contributed by atoms with E-state index in [1.54, 1.807) is 22.2 Å². The van der Waals surface area contributed by atoms with Gasteiger partial charge in [-0.05, 0) is 28.9 Å². The summed E-state index contributed by atoms with van der Waals surface area (Å²) in [6.07, 6.45) is 4.72. The summed E-state index contributed by atoms with van der Waals surface area (Å²) in [6, 6.07) is 0. The summed E-state index contributed by atoms with van der Waals surface area (Å²) in [5, 5.41) is 17.4. The van der Waals surface area contributed by atoms with Crippen LogP contribution in [0.1, 0.15) is 18.4 Å². The molecule has 2 rings (SSSR count). The van der Waals surface area contributed by atoms with Crippen molar-refractivity contribution in [2.75, 3.05) is 6.54 Å². The van der Waals surface area contributed by atoms with E-state index in [-0.39, 0.29) is 0 Å². The summed E-state index contributed by atoms with van der Waals surface area (Å²) >= 11 is 4.89. The number of rotatable bonds is 5. The summed E-state index contributed by atoms with van der Waals surface area (Å²) in [7, 11) is 0. The number of nitrogens with one attached hydrogen (secondary N) is 1. The molecule has 0 aromatic carbocycles. The maximum Gasteiger partial charge on any atom is 0.232 e. The van der Waals surface area contributed by atoms with Crippen molar-refractivity contribution in [2.24, 2.45) is 0 Å². The zero-order valence-electron chi connectivity index (χ0n) is 8.85. The lowest BCUT2D eigenvalue weighted by Gasteiger charge is -1.96. The SMILES string of the molecule is CCCNCc1nnc(-n2cc(Br)cn2)s1. The van der Waals surface area contributed by atoms with Crippen LogP contribution in [0.3, 0.4) is 0 Å². The van der Waals surface area contributed by atoms with Gasteiger partial charge in [0.1, 0.15) is 5.01 Å². The normalized spacial score (nSPS) is 10.9. The van der Waals surface area contributed by atoms with Crippen LogP contribution in [-0.4, -0.2) is 26.5 Å². The van der Waals surface area contributed by atoms with Gasteiger partial charge >= 0.3 is 0 Å². The summed E-state index contributed by atoms with van der Waals surface area (Å²) in [6.45, 7) is 3.91. The highest BCUT2D eigenvalue weighted by molar-refractivity contribution is 9.10. The van der Waals surface area contributed by atoms with Gasteiger partial charge in [0.25, 0.3) is 0 Å². The smallest absolute Gasteiger partial charge is 0.232 e. The highest BCUT2D eigenvalue weighted by atomic mass is 79.9. The molecule has 5 nitrogen and oxygen atoms in total. The van der Waals surface area contributed by atoms with Crippen molar-refractivity contribution >= 4 is 27.3 Å². The molecule has 86 valence electrons. The quantitative estimate of drug-likeness (QED) is 0.858. The molecule has 0 saturated carbocycles. The van der Waals surface area contributed by atoms with Crippen LogP contribution in [0, 0.1) is 0 Å². The predicted octanol–water partition coefficient (Wildman–Crippen LogP) is 1.99. The second-order valence-corrected chi connectivity index (χ2v) is 5.21. The number of aromatic nitrogens is 4. The minimum atomic E-state index is 0.772. The Bertz CT molecular complexity index is 452. The summed E-state index contributed by atoms with van der Waals surface area (Å²) in [5.41, 5.74) is 0. The largest absolute Gasteiger partial charge is 0.310 e. The molecule has 0 aliphatic rings. The highest BCUT2D eigenvalue weighted by Crippen LogP contribution is 2.16. The van der Waals surface area contributed by atoms with Crippen molar-refractivity contribution in [1.82, 2.24) is 25.3 Å². The van der Waals surface area contributed by atoms with Gasteiger partial charge in [-0.25, -0.2) is 4.68 Å². The fourth-order valence-corrected chi connectivity index (χ4v) is 2.21. The Morgan fingerprint density at radius 3 is 3.06 bits per heavy atom. The van der Waals surface area contributed by atoms with Gasteiger partial charge < -0.3 is 5.32 Å². The molecule has 0 saturated heterocycles. The summed E-state index contributed by atoms with van der Waals surface area (Å²) in [5.74, 6) is 0. The van der Waals surface area contributed by atoms with Crippen LogP contribution >= 0.6 is 27.3 Å². The molecule has 2 heterocycles. The third-order valence-electron chi connectivity index (χ3n) is 1.91. The van der Waals surface area contributed by atoms with E-state index in [1.165, 1.54) is 0 Å². The molecule has 0 atom stereocenters. The van der Waals surface area contributed by atoms with E-state index in [9.17, 15) is 0 Å². The van der Waals surface area contributed by atoms with Gasteiger partial charge in [0, 0.05) is 12.7 Å². The fraction of sp³-hybridized carbons (Fsp3) is 0.444. The van der Waals surface area contributed by atoms with Gasteiger partial charge in [-0.3, -0.25) is 0 Å². The van der Waals surface area contributed by atoms with E-state index in [0.717, 1.165) is 34.1 Å². The minimum absolute atomic E-state index is 0.772. The van der Waals surface area contributed by atoms with E-state index in [4.69, 9.17) is 0 Å². The Balaban J connectivity index is 2.02. The van der Waals surface area contributed by atoms with Gasteiger partial charge in [0.15, 0.2) is 0 Å². The van der Waals surface area contributed by atoms with Gasteiger partial charge in [-0.15, -0.1) is 10.2 Å². The molecular weight excluding hydrogens is 290 g/mol. The molecule has 2 aromatic rings. The number of hydrogen-bond acceptors (Lipinski definition) is 5. The Morgan fingerprint density at radius 1 is 1.50 bits per heavy atom. The summed E-state index contributed by atoms with van der Waals surface area (Å²) in [4.78, 5) is 0. The van der Waals surface area contributed by atoms with Crippen LogP contribution < -0.4 is 5.32 Å². The van der Waals surface area contributed by atoms with Crippen LogP contribution in [-0.2, 0) is 6.54 Å². The molecule has 0 amide bonds. The minimum Gasteiger partial charge on any atom is -0.310 e. The zero-order chi connectivity index (χ0) is 11.4. The predicted molar refractivity (Wildman–Crippen MR) is 66.7 cm³/mol. The van der Waals surface area contributed by atoms with Gasteiger partial charge in [-0.1, -0.05) is 18.3 Å². The molecule has 7 heteroatoms. The highest BCUT2D eigenvalue weighted by Gasteiger charge is 2.06. The molecule has 0 fully saturated rings. The molecular formula is C9H12BrN5S. The Hall–Kier alpha value is -0.790. The van der Waals surface area contributed by atoms with E-state index in [0.29, 0.717) is 0 Å². The fourth-order valence-electron chi connectivity index (χ4n) is 1.19. The maximum atomic E-state index is 4.15. The molecule has 0 spiro atoms. The Kier molecular flexibility index (Phi) is 4.03. The van der Waals surface area contributed by atoms with E-state index in [1.807, 2.05) is 6.20 Å². The first-order chi connectivity index (χ1) is 7.79. The van der Waals surface area contributed by atoms with Gasteiger partial charge in [-0.2, -0.15) is 5.10 Å². The zero-order valence-corrected chi connectivity index (χ0v) is 11.3. The first-order valence-corrected chi connectivity index (χ1v) is 6.64. The molecule has 2 aromatic heterocycles. The molecule has 0 aliphatic heterocycles. The molecule has 0 radical (unpaired) electrons. The third-order valence-corrected chi connectivity index (χ3v) is 3.23. The lowest BCUT2D eigenvalue weighted by atomic mass is 10.5. The Labute approximate surface area is 106 Å². The lowest BCUT2D eigenvalue weighted by Crippen LogP contribution is -2.13. The number of halogens is 1. The average Bonchev–Trinajstić information content (AvgIpc) is 2.87. The molecule has 1 N–H and O–H groups in total. The van der Waals surface area contributed by atoms with Crippen molar-refractivity contribution in [3.05, 3.63) is 21.9 Å². The second kappa shape index (κ2) is 5.51. The molecule has 16 heavy (non-hydrogen) atoms. The molecule has 0 bridgehead atoms. The van der Waals surface area contributed by atoms with E-state index >= 15 is 0 Å². The third kappa shape index (κ3) is 2.87. The first kappa shape index (κ1) is 11.7. The number of nitrogens with zero attached hydrogens (tertiary/aromatic N) is 4. The summed E-state index contributed by atoms with van der Waals surface area (Å²) < 4.78 is 2.65. The van der Waals surface area contributed by atoms with Gasteiger partial charge in [0.05, 0.1) is 10.7 Å². The van der Waals surface area contributed by atoms with Crippen LogP contribution in [0.25, 0.3) is 5.13 Å². The van der Waals surface area contributed by atoms with E-state index in [2.05, 4.69) is 43.5 Å².